The van der Waals surface area contributed by atoms with Crippen LogP contribution >= 0.6 is 11.3 Å². The molecule has 0 bridgehead atoms. The summed E-state index contributed by atoms with van der Waals surface area (Å²) in [4.78, 5) is 11.4. The van der Waals surface area contributed by atoms with E-state index in [0.717, 1.165) is 62.1 Å². The Balaban J connectivity index is 1.35. The Morgan fingerprint density at radius 2 is 2.00 bits per heavy atom. The van der Waals surface area contributed by atoms with Gasteiger partial charge < -0.3 is 5.11 Å². The minimum Gasteiger partial charge on any atom is -0.384 e. The van der Waals surface area contributed by atoms with Gasteiger partial charge >= 0.3 is 0 Å². The topological polar surface area (TPSA) is 63.8 Å². The molecule has 6 rings (SSSR count). The first-order valence-electron chi connectivity index (χ1n) is 9.51. The van der Waals surface area contributed by atoms with Crippen molar-refractivity contribution in [2.75, 3.05) is 0 Å². The van der Waals surface area contributed by atoms with E-state index in [2.05, 4.69) is 28.3 Å². The maximum Gasteiger partial charge on any atom is 0.181 e. The Labute approximate surface area is 160 Å². The molecule has 1 N–H and O–H groups in total. The first-order valence-corrected chi connectivity index (χ1v) is 10.3. The molecule has 2 saturated carbocycles. The van der Waals surface area contributed by atoms with Crippen LogP contribution in [0.1, 0.15) is 30.6 Å². The monoisotopic (exact) mass is 376 g/mol. The lowest BCUT2D eigenvalue weighted by Gasteiger charge is -2.43. The highest BCUT2D eigenvalue weighted by molar-refractivity contribution is 7.18. The summed E-state index contributed by atoms with van der Waals surface area (Å²) in [5.41, 5.74) is 2.02. The third-order valence-electron chi connectivity index (χ3n) is 6.10. The molecule has 4 heterocycles. The largest absolute Gasteiger partial charge is 0.384 e. The molecule has 0 atom stereocenters. The van der Waals surface area contributed by atoms with Gasteiger partial charge in [0.2, 0.25) is 0 Å². The second-order valence-corrected chi connectivity index (χ2v) is 9.21. The lowest BCUT2D eigenvalue weighted by Crippen LogP contribution is -2.41. The van der Waals surface area contributed by atoms with Crippen molar-refractivity contribution in [3.63, 3.8) is 0 Å². The lowest BCUT2D eigenvalue weighted by atomic mass is 9.68. The minimum absolute atomic E-state index is 0.630. The zero-order chi connectivity index (χ0) is 18.2. The van der Waals surface area contributed by atoms with Crippen molar-refractivity contribution in [1.29, 1.82) is 0 Å². The van der Waals surface area contributed by atoms with E-state index in [0.29, 0.717) is 0 Å². The molecule has 2 fully saturated rings. The molecule has 4 aromatic rings. The second-order valence-electron chi connectivity index (χ2n) is 8.18. The van der Waals surface area contributed by atoms with Gasteiger partial charge in [-0.15, -0.1) is 11.3 Å². The molecule has 136 valence electrons. The van der Waals surface area contributed by atoms with Gasteiger partial charge in [0.25, 0.3) is 0 Å². The predicted molar refractivity (Wildman–Crippen MR) is 106 cm³/mol. The van der Waals surface area contributed by atoms with Gasteiger partial charge in [0, 0.05) is 40.7 Å². The molecule has 2 aliphatic carbocycles. The summed E-state index contributed by atoms with van der Waals surface area (Å²) in [5.74, 6) is 1.60. The first-order chi connectivity index (χ1) is 13.1. The fourth-order valence-electron chi connectivity index (χ4n) is 4.39. The van der Waals surface area contributed by atoms with E-state index in [1.165, 1.54) is 12.8 Å². The van der Waals surface area contributed by atoms with Gasteiger partial charge in [0.15, 0.2) is 5.65 Å². The average molecular weight is 376 g/mol. The van der Waals surface area contributed by atoms with Crippen molar-refractivity contribution in [3.05, 3.63) is 41.5 Å². The summed E-state index contributed by atoms with van der Waals surface area (Å²) in [5, 5.41) is 17.4. The predicted octanol–water partition coefficient (Wildman–Crippen LogP) is 4.25. The van der Waals surface area contributed by atoms with Gasteiger partial charge in [-0.25, -0.2) is 9.97 Å². The lowest BCUT2D eigenvalue weighted by molar-refractivity contribution is -0.0835. The number of hydrogen-bond donors (Lipinski definition) is 1. The summed E-state index contributed by atoms with van der Waals surface area (Å²) in [7, 11) is 1.90. The van der Waals surface area contributed by atoms with E-state index in [1.807, 2.05) is 25.5 Å². The van der Waals surface area contributed by atoms with Crippen LogP contribution in [0.5, 0.6) is 0 Å². The Bertz CT molecular complexity index is 1180. The normalized spacial score (nSPS) is 25.2. The van der Waals surface area contributed by atoms with Gasteiger partial charge in [-0.2, -0.15) is 5.10 Å². The number of fused-ring (bicyclic) bond motifs is 2. The summed E-state index contributed by atoms with van der Waals surface area (Å²) in [6.07, 6.45) is 8.34. The molecule has 0 aromatic carbocycles. The van der Waals surface area contributed by atoms with E-state index in [9.17, 15) is 5.11 Å². The van der Waals surface area contributed by atoms with Crippen molar-refractivity contribution >= 4 is 32.6 Å². The van der Waals surface area contributed by atoms with Gasteiger partial charge in [-0.05, 0) is 61.8 Å². The van der Waals surface area contributed by atoms with E-state index < -0.39 is 5.60 Å². The number of aromatic nitrogens is 4. The number of nitrogens with zero attached hydrogens (tertiary/aromatic N) is 4. The molecule has 27 heavy (non-hydrogen) atoms. The quantitative estimate of drug-likeness (QED) is 0.580. The molecule has 5 nitrogen and oxygen atoms in total. The van der Waals surface area contributed by atoms with Gasteiger partial charge in [0.05, 0.1) is 11.3 Å². The smallest absolute Gasteiger partial charge is 0.181 e. The number of aliphatic hydroxyl groups is 1. The van der Waals surface area contributed by atoms with Crippen LogP contribution in [-0.4, -0.2) is 24.9 Å². The average Bonchev–Trinajstić information content (AvgIpc) is 3.26. The SMILES string of the molecule is Cn1cc2cc(-c3ccc4cc(C5(O)CC(C6CC6)C5)sc4n3)cnc2n1. The van der Waals surface area contributed by atoms with Crippen molar-refractivity contribution in [2.24, 2.45) is 18.9 Å². The molecular formula is C21H20N4OS. The van der Waals surface area contributed by atoms with E-state index in [1.54, 1.807) is 16.0 Å². The third kappa shape index (κ3) is 2.51. The summed E-state index contributed by atoms with van der Waals surface area (Å²) < 4.78 is 1.78. The Morgan fingerprint density at radius 1 is 1.15 bits per heavy atom. The van der Waals surface area contributed by atoms with Crippen LogP contribution in [-0.2, 0) is 12.6 Å². The number of pyridine rings is 2. The number of hydrogen-bond acceptors (Lipinski definition) is 5. The van der Waals surface area contributed by atoms with Crippen LogP contribution in [0.4, 0.5) is 0 Å². The molecule has 0 aliphatic heterocycles. The van der Waals surface area contributed by atoms with Crippen LogP contribution in [0.3, 0.4) is 0 Å². The highest BCUT2D eigenvalue weighted by Gasteiger charge is 2.50. The van der Waals surface area contributed by atoms with Gasteiger partial charge in [-0.3, -0.25) is 4.68 Å². The molecule has 6 heteroatoms. The zero-order valence-corrected chi connectivity index (χ0v) is 15.9. The molecule has 0 spiro atoms. The molecule has 4 aromatic heterocycles. The highest BCUT2D eigenvalue weighted by Crippen LogP contribution is 2.56. The van der Waals surface area contributed by atoms with Gasteiger partial charge in [-0.1, -0.05) is 0 Å². The van der Waals surface area contributed by atoms with Crippen LogP contribution in [0.25, 0.3) is 32.5 Å². The summed E-state index contributed by atoms with van der Waals surface area (Å²) in [6, 6.07) is 8.35. The molecule has 0 unspecified atom stereocenters. The molecule has 0 radical (unpaired) electrons. The molecule has 2 aliphatic rings. The van der Waals surface area contributed by atoms with Gasteiger partial charge in [0.1, 0.15) is 4.83 Å². The van der Waals surface area contributed by atoms with E-state index >= 15 is 0 Å². The number of aryl methyl sites for hydroxylation is 1. The fraction of sp³-hybridized carbons (Fsp3) is 0.381. The molecule has 0 saturated heterocycles. The third-order valence-corrected chi connectivity index (χ3v) is 7.34. The van der Waals surface area contributed by atoms with Crippen molar-refractivity contribution in [2.45, 2.75) is 31.3 Å². The second kappa shape index (κ2) is 5.36. The highest BCUT2D eigenvalue weighted by atomic mass is 32.1. The van der Waals surface area contributed by atoms with Crippen LogP contribution in [0.2, 0.25) is 0 Å². The van der Waals surface area contributed by atoms with Crippen molar-refractivity contribution in [1.82, 2.24) is 19.7 Å². The Kier molecular flexibility index (Phi) is 3.12. The summed E-state index contributed by atoms with van der Waals surface area (Å²) in [6.45, 7) is 0. The van der Waals surface area contributed by atoms with Crippen molar-refractivity contribution in [3.8, 4) is 11.3 Å². The van der Waals surface area contributed by atoms with E-state index in [-0.39, 0.29) is 0 Å². The number of rotatable bonds is 3. The maximum atomic E-state index is 11.0. The summed E-state index contributed by atoms with van der Waals surface area (Å²) >= 11 is 1.63. The fourth-order valence-corrected chi connectivity index (χ4v) is 5.53. The van der Waals surface area contributed by atoms with Crippen LogP contribution < -0.4 is 0 Å². The minimum atomic E-state index is -0.630. The first kappa shape index (κ1) is 15.7. The Hall–Kier alpha value is -2.31. The molecular weight excluding hydrogens is 356 g/mol. The number of thiophene rings is 1. The van der Waals surface area contributed by atoms with E-state index in [4.69, 9.17) is 4.98 Å². The molecule has 0 amide bonds. The van der Waals surface area contributed by atoms with Crippen LogP contribution in [0.15, 0.2) is 36.7 Å². The maximum absolute atomic E-state index is 11.0. The van der Waals surface area contributed by atoms with Crippen LogP contribution in [0, 0.1) is 11.8 Å². The standard InChI is InChI=1S/C21H20N4OS/c1-25-11-15-6-14(10-22-19(15)24-25)17-5-4-13-7-18(27-20(13)23-17)21(26)8-16(9-21)12-2-3-12/h4-7,10-12,16,26H,2-3,8-9H2,1H3. The zero-order valence-electron chi connectivity index (χ0n) is 15.1. The van der Waals surface area contributed by atoms with Crippen molar-refractivity contribution < 1.29 is 5.11 Å². The Morgan fingerprint density at radius 3 is 2.81 bits per heavy atom.